The predicted molar refractivity (Wildman–Crippen MR) is 79.9 cm³/mol. The van der Waals surface area contributed by atoms with Crippen molar-refractivity contribution in [2.24, 2.45) is 0 Å². The molecule has 0 bridgehead atoms. The zero-order valence-corrected chi connectivity index (χ0v) is 11.4. The number of fused-ring (bicyclic) bond motifs is 1. The molecule has 0 saturated heterocycles. The molecule has 7 heteroatoms. The number of H-pyrrole nitrogens is 1. The standard InChI is InChI=1S/C14H10ClFN4O/c15-10-3-2-8(6-11(10)16)18-14(21)13-9-5-7(17)1-4-12(9)19-20-13/h1-6H,17H2,(H,18,21)(H,19,20). The Morgan fingerprint density at radius 1 is 1.29 bits per heavy atom. The van der Waals surface area contributed by atoms with Crippen LogP contribution in [0, 0.1) is 5.82 Å². The Morgan fingerprint density at radius 3 is 2.86 bits per heavy atom. The van der Waals surface area contributed by atoms with Crippen molar-refractivity contribution in [2.45, 2.75) is 0 Å². The second kappa shape index (κ2) is 5.06. The molecular formula is C14H10ClFN4O. The highest BCUT2D eigenvalue weighted by atomic mass is 35.5. The number of nitrogens with one attached hydrogen (secondary N) is 2. The first-order chi connectivity index (χ1) is 10.0. The summed E-state index contributed by atoms with van der Waals surface area (Å²) in [7, 11) is 0. The molecule has 1 amide bonds. The molecule has 3 rings (SSSR count). The SMILES string of the molecule is Nc1ccc2[nH]nc(C(=O)Nc3ccc(Cl)c(F)c3)c2c1. The summed E-state index contributed by atoms with van der Waals surface area (Å²) in [5.41, 5.74) is 7.40. The van der Waals surface area contributed by atoms with E-state index < -0.39 is 11.7 Å². The third-order valence-electron chi connectivity index (χ3n) is 2.98. The molecule has 1 heterocycles. The third kappa shape index (κ3) is 2.53. The van der Waals surface area contributed by atoms with Crippen molar-refractivity contribution in [2.75, 3.05) is 11.1 Å². The number of hydrogen-bond donors (Lipinski definition) is 3. The fourth-order valence-corrected chi connectivity index (χ4v) is 2.09. The molecule has 0 spiro atoms. The number of aromatic amines is 1. The van der Waals surface area contributed by atoms with Crippen LogP contribution in [0.2, 0.25) is 5.02 Å². The van der Waals surface area contributed by atoms with E-state index in [4.69, 9.17) is 17.3 Å². The van der Waals surface area contributed by atoms with Crippen LogP contribution in [-0.2, 0) is 0 Å². The molecule has 0 aliphatic rings. The largest absolute Gasteiger partial charge is 0.399 e. The topological polar surface area (TPSA) is 83.8 Å². The van der Waals surface area contributed by atoms with Crippen molar-refractivity contribution < 1.29 is 9.18 Å². The first kappa shape index (κ1) is 13.4. The van der Waals surface area contributed by atoms with E-state index in [9.17, 15) is 9.18 Å². The Labute approximate surface area is 123 Å². The summed E-state index contributed by atoms with van der Waals surface area (Å²) in [6.45, 7) is 0. The molecule has 106 valence electrons. The lowest BCUT2D eigenvalue weighted by atomic mass is 10.2. The van der Waals surface area contributed by atoms with Crippen LogP contribution in [-0.4, -0.2) is 16.1 Å². The van der Waals surface area contributed by atoms with Crippen molar-refractivity contribution in [1.29, 1.82) is 0 Å². The number of nitrogen functional groups attached to an aromatic ring is 1. The number of nitrogens with two attached hydrogens (primary N) is 1. The highest BCUT2D eigenvalue weighted by Gasteiger charge is 2.15. The Hall–Kier alpha value is -2.60. The van der Waals surface area contributed by atoms with E-state index >= 15 is 0 Å². The van der Waals surface area contributed by atoms with Crippen molar-refractivity contribution >= 4 is 39.8 Å². The molecule has 0 aliphatic carbocycles. The van der Waals surface area contributed by atoms with Gasteiger partial charge in [-0.2, -0.15) is 5.10 Å². The van der Waals surface area contributed by atoms with Gasteiger partial charge in [0.1, 0.15) is 5.82 Å². The quantitative estimate of drug-likeness (QED) is 0.636. The Kier molecular flexibility index (Phi) is 3.23. The van der Waals surface area contributed by atoms with Crippen molar-refractivity contribution in [3.63, 3.8) is 0 Å². The summed E-state index contributed by atoms with van der Waals surface area (Å²) in [6.07, 6.45) is 0. The minimum absolute atomic E-state index is 0.00834. The van der Waals surface area contributed by atoms with Crippen LogP contribution in [0.1, 0.15) is 10.5 Å². The normalized spacial score (nSPS) is 10.8. The van der Waals surface area contributed by atoms with Crippen molar-refractivity contribution in [1.82, 2.24) is 10.2 Å². The molecule has 0 radical (unpaired) electrons. The van der Waals surface area contributed by atoms with Gasteiger partial charge in [0.05, 0.1) is 10.5 Å². The smallest absolute Gasteiger partial charge is 0.276 e. The summed E-state index contributed by atoms with van der Waals surface area (Å²) in [4.78, 5) is 12.2. The fourth-order valence-electron chi connectivity index (χ4n) is 1.97. The van der Waals surface area contributed by atoms with Gasteiger partial charge in [0, 0.05) is 16.8 Å². The van der Waals surface area contributed by atoms with Crippen LogP contribution in [0.4, 0.5) is 15.8 Å². The zero-order valence-electron chi connectivity index (χ0n) is 10.7. The van der Waals surface area contributed by atoms with Crippen LogP contribution in [0.3, 0.4) is 0 Å². The number of rotatable bonds is 2. The molecule has 0 fully saturated rings. The maximum atomic E-state index is 13.4. The molecule has 3 aromatic rings. The fraction of sp³-hybridized carbons (Fsp3) is 0. The number of carbonyl (C=O) groups is 1. The number of anilines is 2. The van der Waals surface area contributed by atoms with Crippen molar-refractivity contribution in [3.8, 4) is 0 Å². The predicted octanol–water partition coefficient (Wildman–Crippen LogP) is 3.19. The summed E-state index contributed by atoms with van der Waals surface area (Å²) >= 11 is 5.59. The van der Waals surface area contributed by atoms with Gasteiger partial charge in [0.2, 0.25) is 0 Å². The first-order valence-corrected chi connectivity index (χ1v) is 6.42. The lowest BCUT2D eigenvalue weighted by molar-refractivity contribution is 0.102. The number of aromatic nitrogens is 2. The highest BCUT2D eigenvalue weighted by Crippen LogP contribution is 2.22. The number of carbonyl (C=O) groups excluding carboxylic acids is 1. The summed E-state index contributed by atoms with van der Waals surface area (Å²) in [5.74, 6) is -1.07. The zero-order chi connectivity index (χ0) is 15.0. The number of hydrogen-bond acceptors (Lipinski definition) is 3. The molecule has 0 saturated carbocycles. The average Bonchev–Trinajstić information content (AvgIpc) is 2.86. The average molecular weight is 305 g/mol. The second-order valence-electron chi connectivity index (χ2n) is 4.46. The molecule has 0 aliphatic heterocycles. The molecule has 2 aromatic carbocycles. The highest BCUT2D eigenvalue weighted by molar-refractivity contribution is 6.30. The number of amides is 1. The van der Waals surface area contributed by atoms with Crippen LogP contribution in [0.5, 0.6) is 0 Å². The minimum atomic E-state index is -0.606. The van der Waals surface area contributed by atoms with E-state index in [2.05, 4.69) is 15.5 Å². The molecule has 4 N–H and O–H groups in total. The van der Waals surface area contributed by atoms with E-state index in [1.807, 2.05) is 0 Å². The maximum Gasteiger partial charge on any atom is 0.276 e. The molecule has 21 heavy (non-hydrogen) atoms. The minimum Gasteiger partial charge on any atom is -0.399 e. The lowest BCUT2D eigenvalue weighted by Crippen LogP contribution is -2.13. The van der Waals surface area contributed by atoms with Gasteiger partial charge in [-0.3, -0.25) is 9.89 Å². The van der Waals surface area contributed by atoms with Crippen LogP contribution >= 0.6 is 11.6 Å². The van der Waals surface area contributed by atoms with E-state index in [0.717, 1.165) is 6.07 Å². The Bertz CT molecular complexity index is 846. The number of halogens is 2. The molecule has 1 aromatic heterocycles. The van der Waals surface area contributed by atoms with Crippen LogP contribution < -0.4 is 11.1 Å². The van der Waals surface area contributed by atoms with E-state index in [1.165, 1.54) is 12.1 Å². The summed E-state index contributed by atoms with van der Waals surface area (Å²) < 4.78 is 13.4. The van der Waals surface area contributed by atoms with Crippen LogP contribution in [0.15, 0.2) is 36.4 Å². The maximum absolute atomic E-state index is 13.4. The second-order valence-corrected chi connectivity index (χ2v) is 4.87. The molecule has 5 nitrogen and oxygen atoms in total. The third-order valence-corrected chi connectivity index (χ3v) is 3.29. The van der Waals surface area contributed by atoms with Gasteiger partial charge in [-0.25, -0.2) is 4.39 Å². The van der Waals surface area contributed by atoms with Gasteiger partial charge in [0.25, 0.3) is 5.91 Å². The van der Waals surface area contributed by atoms with Gasteiger partial charge in [-0.15, -0.1) is 0 Å². The lowest BCUT2D eigenvalue weighted by Gasteiger charge is -2.04. The van der Waals surface area contributed by atoms with E-state index in [1.54, 1.807) is 18.2 Å². The van der Waals surface area contributed by atoms with Gasteiger partial charge >= 0.3 is 0 Å². The monoisotopic (exact) mass is 304 g/mol. The summed E-state index contributed by atoms with van der Waals surface area (Å²) in [5, 5.41) is 9.85. The van der Waals surface area contributed by atoms with Gasteiger partial charge in [-0.1, -0.05) is 11.6 Å². The van der Waals surface area contributed by atoms with Gasteiger partial charge in [0.15, 0.2) is 5.69 Å². The summed E-state index contributed by atoms with van der Waals surface area (Å²) in [6, 6.07) is 9.10. The number of nitrogens with zero attached hydrogens (tertiary/aromatic N) is 1. The van der Waals surface area contributed by atoms with E-state index in [0.29, 0.717) is 22.3 Å². The van der Waals surface area contributed by atoms with Crippen LogP contribution in [0.25, 0.3) is 10.9 Å². The Morgan fingerprint density at radius 2 is 2.10 bits per heavy atom. The Balaban J connectivity index is 1.93. The molecule has 0 unspecified atom stereocenters. The van der Waals surface area contributed by atoms with Gasteiger partial charge < -0.3 is 11.1 Å². The number of benzene rings is 2. The molecule has 0 atom stereocenters. The van der Waals surface area contributed by atoms with Gasteiger partial charge in [-0.05, 0) is 36.4 Å². The first-order valence-electron chi connectivity index (χ1n) is 6.04. The van der Waals surface area contributed by atoms with E-state index in [-0.39, 0.29) is 10.7 Å². The van der Waals surface area contributed by atoms with Crippen molar-refractivity contribution in [3.05, 3.63) is 52.9 Å². The molecular weight excluding hydrogens is 295 g/mol.